The molecule has 8 heteroatoms. The average Bonchev–Trinajstić information content (AvgIpc) is 3.15. The van der Waals surface area contributed by atoms with E-state index < -0.39 is 0 Å². The number of hydrogen-bond donors (Lipinski definition) is 0. The summed E-state index contributed by atoms with van der Waals surface area (Å²) in [7, 11) is 0. The molecule has 1 aliphatic rings. The summed E-state index contributed by atoms with van der Waals surface area (Å²) in [6.45, 7) is 3.99. The van der Waals surface area contributed by atoms with Gasteiger partial charge in [0.25, 0.3) is 5.91 Å². The molecular weight excluding hydrogens is 306 g/mol. The monoisotopic (exact) mass is 321 g/mol. The first-order valence-corrected chi connectivity index (χ1v) is 7.77. The van der Waals surface area contributed by atoms with Crippen LogP contribution in [0.2, 0.25) is 0 Å². The van der Waals surface area contributed by atoms with Crippen LogP contribution in [0.25, 0.3) is 0 Å². The van der Waals surface area contributed by atoms with E-state index >= 15 is 0 Å². The van der Waals surface area contributed by atoms with E-state index in [9.17, 15) is 14.9 Å². The predicted octanol–water partition coefficient (Wildman–Crippen LogP) is 2.52. The molecule has 1 aliphatic heterocycles. The molecular formula is C14H15N3O4S. The van der Waals surface area contributed by atoms with Gasteiger partial charge in [-0.1, -0.05) is 0 Å². The molecule has 2 aromatic rings. The van der Waals surface area contributed by atoms with Gasteiger partial charge in [-0.05, 0) is 24.4 Å². The molecule has 0 unspecified atom stereocenters. The summed E-state index contributed by atoms with van der Waals surface area (Å²) in [5.41, 5.74) is 0.131. The number of hydrogen-bond acceptors (Lipinski definition) is 6. The van der Waals surface area contributed by atoms with Crippen LogP contribution in [-0.2, 0) is 0 Å². The molecule has 0 N–H and O–H groups in total. The van der Waals surface area contributed by atoms with E-state index in [1.54, 1.807) is 29.3 Å². The van der Waals surface area contributed by atoms with Crippen molar-refractivity contribution in [2.24, 2.45) is 0 Å². The third kappa shape index (κ3) is 2.69. The summed E-state index contributed by atoms with van der Waals surface area (Å²) in [6, 6.07) is 4.95. The number of carbonyl (C=O) groups is 1. The van der Waals surface area contributed by atoms with Crippen molar-refractivity contribution in [3.63, 3.8) is 0 Å². The third-order valence-electron chi connectivity index (χ3n) is 3.63. The smallest absolute Gasteiger partial charge is 0.303 e. The van der Waals surface area contributed by atoms with Gasteiger partial charge in [-0.15, -0.1) is 11.3 Å². The van der Waals surface area contributed by atoms with Crippen molar-refractivity contribution in [1.82, 2.24) is 4.90 Å². The number of carbonyl (C=O) groups excluding carboxylic acids is 1. The van der Waals surface area contributed by atoms with Crippen LogP contribution in [0.1, 0.15) is 16.3 Å². The molecule has 116 valence electrons. The van der Waals surface area contributed by atoms with Crippen molar-refractivity contribution in [3.8, 4) is 0 Å². The van der Waals surface area contributed by atoms with Crippen molar-refractivity contribution in [2.45, 2.75) is 6.92 Å². The van der Waals surface area contributed by atoms with Gasteiger partial charge in [-0.25, -0.2) is 0 Å². The minimum Gasteiger partial charge on any atom is -0.456 e. The van der Waals surface area contributed by atoms with Crippen LogP contribution in [0.5, 0.6) is 0 Å². The van der Waals surface area contributed by atoms with Gasteiger partial charge in [-0.3, -0.25) is 14.9 Å². The number of furan rings is 1. The highest BCUT2D eigenvalue weighted by molar-refractivity contribution is 7.14. The van der Waals surface area contributed by atoms with E-state index in [2.05, 4.69) is 0 Å². The first-order chi connectivity index (χ1) is 10.6. The molecule has 0 bridgehead atoms. The van der Waals surface area contributed by atoms with E-state index in [0.717, 1.165) is 0 Å². The number of nitro groups is 1. The highest BCUT2D eigenvalue weighted by atomic mass is 32.1. The largest absolute Gasteiger partial charge is 0.456 e. The quantitative estimate of drug-likeness (QED) is 0.641. The van der Waals surface area contributed by atoms with Gasteiger partial charge in [0.15, 0.2) is 10.8 Å². The number of amides is 1. The first-order valence-electron chi connectivity index (χ1n) is 6.89. The summed E-state index contributed by atoms with van der Waals surface area (Å²) < 4.78 is 5.36. The molecule has 1 amide bonds. The van der Waals surface area contributed by atoms with Gasteiger partial charge in [0, 0.05) is 32.2 Å². The molecule has 0 saturated carbocycles. The van der Waals surface area contributed by atoms with E-state index in [0.29, 0.717) is 42.7 Å². The van der Waals surface area contributed by atoms with Crippen molar-refractivity contribution >= 4 is 27.9 Å². The lowest BCUT2D eigenvalue weighted by atomic mass is 10.3. The molecule has 7 nitrogen and oxygen atoms in total. The number of piperazine rings is 1. The molecule has 0 atom stereocenters. The van der Waals surface area contributed by atoms with Crippen molar-refractivity contribution < 1.29 is 14.1 Å². The fourth-order valence-electron chi connectivity index (χ4n) is 2.49. The predicted molar refractivity (Wildman–Crippen MR) is 82.5 cm³/mol. The van der Waals surface area contributed by atoms with Gasteiger partial charge < -0.3 is 14.2 Å². The summed E-state index contributed by atoms with van der Waals surface area (Å²) in [6.07, 6.45) is 0. The molecule has 3 heterocycles. The second-order valence-corrected chi connectivity index (χ2v) is 5.95. The number of rotatable bonds is 3. The van der Waals surface area contributed by atoms with E-state index in [1.807, 2.05) is 4.90 Å². The van der Waals surface area contributed by atoms with E-state index in [-0.39, 0.29) is 16.5 Å². The maximum absolute atomic E-state index is 12.3. The van der Waals surface area contributed by atoms with Crippen molar-refractivity contribution in [1.29, 1.82) is 0 Å². The number of aryl methyl sites for hydroxylation is 1. The fourth-order valence-corrected chi connectivity index (χ4v) is 3.41. The molecule has 0 radical (unpaired) electrons. The molecule has 2 aromatic heterocycles. The Balaban J connectivity index is 1.66. The van der Waals surface area contributed by atoms with Crippen LogP contribution in [0.3, 0.4) is 0 Å². The van der Waals surface area contributed by atoms with Crippen LogP contribution in [0.4, 0.5) is 10.7 Å². The Hall–Kier alpha value is -2.35. The topological polar surface area (TPSA) is 79.8 Å². The van der Waals surface area contributed by atoms with Crippen LogP contribution < -0.4 is 4.90 Å². The Kier molecular flexibility index (Phi) is 3.84. The minimum atomic E-state index is -0.366. The second-order valence-electron chi connectivity index (χ2n) is 5.06. The van der Waals surface area contributed by atoms with E-state index in [1.165, 1.54) is 17.4 Å². The minimum absolute atomic E-state index is 0.131. The molecule has 1 fully saturated rings. The molecule has 1 saturated heterocycles. The Labute approximate surface area is 130 Å². The molecule has 0 aromatic carbocycles. The molecule has 22 heavy (non-hydrogen) atoms. The third-order valence-corrected chi connectivity index (χ3v) is 4.59. The number of nitrogens with zero attached hydrogens (tertiary/aromatic N) is 3. The zero-order chi connectivity index (χ0) is 15.7. The standard InChI is InChI=1S/C14H15N3O4S/c1-10-2-3-12(21-10)13(18)15-5-7-16(8-6-15)14-11(17(19)20)4-9-22-14/h2-4,9H,5-8H2,1H3. The normalized spacial score (nSPS) is 15.1. The lowest BCUT2D eigenvalue weighted by molar-refractivity contribution is -0.383. The maximum atomic E-state index is 12.3. The Bertz CT molecular complexity index is 701. The summed E-state index contributed by atoms with van der Waals surface area (Å²) in [5, 5.41) is 13.4. The SMILES string of the molecule is Cc1ccc(C(=O)N2CCN(c3sccc3[N+](=O)[O-])CC2)o1. The van der Waals surface area contributed by atoms with Crippen LogP contribution in [0, 0.1) is 17.0 Å². The second kappa shape index (κ2) is 5.80. The van der Waals surface area contributed by atoms with Crippen LogP contribution in [0.15, 0.2) is 28.0 Å². The number of thiophene rings is 1. The molecule has 0 spiro atoms. The van der Waals surface area contributed by atoms with Gasteiger partial charge in [-0.2, -0.15) is 0 Å². The summed E-state index contributed by atoms with van der Waals surface area (Å²) >= 11 is 1.36. The fraction of sp³-hybridized carbons (Fsp3) is 0.357. The summed E-state index contributed by atoms with van der Waals surface area (Å²) in [4.78, 5) is 26.6. The Morgan fingerprint density at radius 1 is 1.27 bits per heavy atom. The zero-order valence-corrected chi connectivity index (χ0v) is 12.8. The lowest BCUT2D eigenvalue weighted by Crippen LogP contribution is -2.48. The highest BCUT2D eigenvalue weighted by Crippen LogP contribution is 2.34. The Morgan fingerprint density at radius 2 is 2.00 bits per heavy atom. The van der Waals surface area contributed by atoms with Gasteiger partial charge in [0.1, 0.15) is 5.76 Å². The van der Waals surface area contributed by atoms with Crippen LogP contribution >= 0.6 is 11.3 Å². The Morgan fingerprint density at radius 3 is 2.59 bits per heavy atom. The van der Waals surface area contributed by atoms with Gasteiger partial charge in [0.2, 0.25) is 0 Å². The van der Waals surface area contributed by atoms with Crippen molar-refractivity contribution in [3.05, 3.63) is 45.2 Å². The lowest BCUT2D eigenvalue weighted by Gasteiger charge is -2.34. The maximum Gasteiger partial charge on any atom is 0.303 e. The average molecular weight is 321 g/mol. The highest BCUT2D eigenvalue weighted by Gasteiger charge is 2.28. The first kappa shape index (κ1) is 14.6. The number of anilines is 1. The van der Waals surface area contributed by atoms with Gasteiger partial charge >= 0.3 is 5.69 Å². The van der Waals surface area contributed by atoms with E-state index in [4.69, 9.17) is 4.42 Å². The van der Waals surface area contributed by atoms with Crippen LogP contribution in [-0.4, -0.2) is 41.9 Å². The molecule has 3 rings (SSSR count). The molecule has 0 aliphatic carbocycles. The van der Waals surface area contributed by atoms with Gasteiger partial charge in [0.05, 0.1) is 4.92 Å². The zero-order valence-electron chi connectivity index (χ0n) is 12.0. The summed E-state index contributed by atoms with van der Waals surface area (Å²) in [5.74, 6) is 0.915. The van der Waals surface area contributed by atoms with Crippen molar-refractivity contribution in [2.75, 3.05) is 31.1 Å².